The summed E-state index contributed by atoms with van der Waals surface area (Å²) in [5.74, 6) is 2.78. The minimum Gasteiger partial charge on any atom is -0.508 e. The molecule has 24 heavy (non-hydrogen) atoms. The monoisotopic (exact) mass is 329 g/mol. The van der Waals surface area contributed by atoms with Gasteiger partial charge in [0.05, 0.1) is 5.92 Å². The summed E-state index contributed by atoms with van der Waals surface area (Å²) in [4.78, 5) is 6.96. The number of phenols is 1. The molecular formula is C19H27N3O2. The van der Waals surface area contributed by atoms with Crippen molar-refractivity contribution < 1.29 is 9.63 Å². The zero-order chi connectivity index (χ0) is 17.1. The number of likely N-dealkylation sites (tertiary alicyclic amines) is 1. The van der Waals surface area contributed by atoms with Gasteiger partial charge in [-0.2, -0.15) is 4.98 Å². The Kier molecular flexibility index (Phi) is 5.19. The van der Waals surface area contributed by atoms with Crippen molar-refractivity contribution in [2.24, 2.45) is 5.92 Å². The normalized spacial score (nSPS) is 19.1. The lowest BCUT2D eigenvalue weighted by atomic mass is 9.97. The number of rotatable bonds is 5. The van der Waals surface area contributed by atoms with Crippen LogP contribution in [0.2, 0.25) is 0 Å². The SMILES string of the molecule is Cc1ccc(O)c(CN2CCC[C@H](c3nc(CC(C)C)no3)C2)c1. The van der Waals surface area contributed by atoms with E-state index in [1.54, 1.807) is 6.07 Å². The molecule has 2 aromatic rings. The topological polar surface area (TPSA) is 62.4 Å². The fourth-order valence-electron chi connectivity index (χ4n) is 3.36. The number of hydrogen-bond donors (Lipinski definition) is 1. The Morgan fingerprint density at radius 3 is 3.00 bits per heavy atom. The van der Waals surface area contributed by atoms with E-state index in [-0.39, 0.29) is 0 Å². The van der Waals surface area contributed by atoms with Crippen LogP contribution in [0.3, 0.4) is 0 Å². The summed E-state index contributed by atoms with van der Waals surface area (Å²) in [6.07, 6.45) is 3.05. The van der Waals surface area contributed by atoms with E-state index < -0.39 is 0 Å². The fraction of sp³-hybridized carbons (Fsp3) is 0.579. The van der Waals surface area contributed by atoms with Gasteiger partial charge in [-0.25, -0.2) is 0 Å². The van der Waals surface area contributed by atoms with Crippen molar-refractivity contribution >= 4 is 0 Å². The first kappa shape index (κ1) is 17.0. The largest absolute Gasteiger partial charge is 0.508 e. The second-order valence-corrected chi connectivity index (χ2v) is 7.35. The van der Waals surface area contributed by atoms with E-state index >= 15 is 0 Å². The molecule has 0 bridgehead atoms. The van der Waals surface area contributed by atoms with Gasteiger partial charge in [-0.15, -0.1) is 0 Å². The molecule has 1 aromatic heterocycles. The van der Waals surface area contributed by atoms with Crippen LogP contribution in [-0.2, 0) is 13.0 Å². The van der Waals surface area contributed by atoms with Crippen LogP contribution in [0.25, 0.3) is 0 Å². The highest BCUT2D eigenvalue weighted by Gasteiger charge is 2.26. The van der Waals surface area contributed by atoms with Crippen molar-refractivity contribution in [1.29, 1.82) is 0 Å². The van der Waals surface area contributed by atoms with Crippen LogP contribution >= 0.6 is 0 Å². The van der Waals surface area contributed by atoms with E-state index in [0.29, 0.717) is 17.6 Å². The third-order valence-electron chi connectivity index (χ3n) is 4.56. The van der Waals surface area contributed by atoms with E-state index in [1.165, 1.54) is 5.56 Å². The second kappa shape index (κ2) is 7.34. The lowest BCUT2D eigenvalue weighted by Crippen LogP contribution is -2.34. The number of benzene rings is 1. The predicted molar refractivity (Wildman–Crippen MR) is 92.9 cm³/mol. The Bertz CT molecular complexity index is 681. The summed E-state index contributed by atoms with van der Waals surface area (Å²) >= 11 is 0. The average Bonchev–Trinajstić information content (AvgIpc) is 2.99. The molecule has 1 aliphatic rings. The van der Waals surface area contributed by atoms with Crippen LogP contribution < -0.4 is 0 Å². The maximum Gasteiger partial charge on any atom is 0.231 e. The summed E-state index contributed by atoms with van der Waals surface area (Å²) in [6.45, 7) is 9.07. The van der Waals surface area contributed by atoms with Crippen molar-refractivity contribution in [1.82, 2.24) is 15.0 Å². The van der Waals surface area contributed by atoms with Crippen LogP contribution in [0.1, 0.15) is 55.4 Å². The van der Waals surface area contributed by atoms with Gasteiger partial charge in [-0.05, 0) is 38.3 Å². The van der Waals surface area contributed by atoms with Crippen LogP contribution in [0, 0.1) is 12.8 Å². The highest BCUT2D eigenvalue weighted by molar-refractivity contribution is 5.35. The van der Waals surface area contributed by atoms with Crippen LogP contribution in [-0.4, -0.2) is 33.2 Å². The first-order valence-electron chi connectivity index (χ1n) is 8.84. The summed E-state index contributed by atoms with van der Waals surface area (Å²) < 4.78 is 5.51. The fourth-order valence-corrected chi connectivity index (χ4v) is 3.36. The maximum atomic E-state index is 10.1. The molecule has 1 aliphatic heterocycles. The Hall–Kier alpha value is -1.88. The molecule has 1 atom stereocenters. The van der Waals surface area contributed by atoms with E-state index in [2.05, 4.69) is 41.9 Å². The number of hydrogen-bond acceptors (Lipinski definition) is 5. The van der Waals surface area contributed by atoms with E-state index in [9.17, 15) is 5.11 Å². The molecule has 5 nitrogen and oxygen atoms in total. The molecule has 0 spiro atoms. The molecule has 3 rings (SSSR count). The smallest absolute Gasteiger partial charge is 0.231 e. The molecule has 1 N–H and O–H groups in total. The standard InChI is InChI=1S/C19H27N3O2/c1-13(2)9-18-20-19(24-21-18)15-5-4-8-22(11-15)12-16-10-14(3)6-7-17(16)23/h6-7,10,13,15,23H,4-5,8-9,11-12H2,1-3H3/t15-/m0/s1. The Morgan fingerprint density at radius 2 is 2.21 bits per heavy atom. The van der Waals surface area contributed by atoms with Crippen molar-refractivity contribution in [2.75, 3.05) is 13.1 Å². The lowest BCUT2D eigenvalue weighted by molar-refractivity contribution is 0.178. The predicted octanol–water partition coefficient (Wildman–Crippen LogP) is 3.66. The summed E-state index contributed by atoms with van der Waals surface area (Å²) in [6, 6.07) is 5.78. The Morgan fingerprint density at radius 1 is 1.38 bits per heavy atom. The molecule has 130 valence electrons. The Balaban J connectivity index is 1.66. The van der Waals surface area contributed by atoms with Gasteiger partial charge in [-0.3, -0.25) is 4.90 Å². The zero-order valence-electron chi connectivity index (χ0n) is 14.8. The molecule has 0 unspecified atom stereocenters. The van der Waals surface area contributed by atoms with Gasteiger partial charge < -0.3 is 9.63 Å². The van der Waals surface area contributed by atoms with Gasteiger partial charge in [0, 0.05) is 25.1 Å². The minimum absolute atomic E-state index is 0.291. The minimum atomic E-state index is 0.291. The van der Waals surface area contributed by atoms with E-state index in [0.717, 1.165) is 56.2 Å². The van der Waals surface area contributed by atoms with Gasteiger partial charge in [0.2, 0.25) is 5.89 Å². The van der Waals surface area contributed by atoms with Crippen LogP contribution in [0.15, 0.2) is 22.7 Å². The third-order valence-corrected chi connectivity index (χ3v) is 4.56. The van der Waals surface area contributed by atoms with Gasteiger partial charge in [0.1, 0.15) is 5.75 Å². The molecule has 0 radical (unpaired) electrons. The zero-order valence-corrected chi connectivity index (χ0v) is 14.8. The number of aromatic hydroxyl groups is 1. The van der Waals surface area contributed by atoms with Crippen molar-refractivity contribution in [3.8, 4) is 5.75 Å². The Labute approximate surface area is 143 Å². The molecule has 1 saturated heterocycles. The quantitative estimate of drug-likeness (QED) is 0.907. The third kappa shape index (κ3) is 4.15. The van der Waals surface area contributed by atoms with Crippen LogP contribution in [0.5, 0.6) is 5.75 Å². The lowest BCUT2D eigenvalue weighted by Gasteiger charge is -2.31. The van der Waals surface area contributed by atoms with Crippen LogP contribution in [0.4, 0.5) is 0 Å². The molecule has 0 saturated carbocycles. The first-order valence-corrected chi connectivity index (χ1v) is 8.84. The first-order chi connectivity index (χ1) is 11.5. The van der Waals surface area contributed by atoms with E-state index in [4.69, 9.17) is 4.52 Å². The molecule has 0 aliphatic carbocycles. The molecule has 5 heteroatoms. The van der Waals surface area contributed by atoms with E-state index in [1.807, 2.05) is 6.07 Å². The van der Waals surface area contributed by atoms with Crippen molar-refractivity contribution in [2.45, 2.75) is 52.5 Å². The summed E-state index contributed by atoms with van der Waals surface area (Å²) in [5, 5.41) is 14.2. The average molecular weight is 329 g/mol. The molecule has 1 aromatic carbocycles. The molecule has 1 fully saturated rings. The molecule has 0 amide bonds. The molecular weight excluding hydrogens is 302 g/mol. The number of piperidine rings is 1. The number of aromatic nitrogens is 2. The number of aryl methyl sites for hydroxylation is 1. The summed E-state index contributed by atoms with van der Waals surface area (Å²) in [5.41, 5.74) is 2.16. The van der Waals surface area contributed by atoms with Crippen molar-refractivity contribution in [3.63, 3.8) is 0 Å². The number of phenolic OH excluding ortho intramolecular Hbond substituents is 1. The van der Waals surface area contributed by atoms with Gasteiger partial charge in [0.15, 0.2) is 5.82 Å². The second-order valence-electron chi connectivity index (χ2n) is 7.35. The van der Waals surface area contributed by atoms with Gasteiger partial charge >= 0.3 is 0 Å². The maximum absolute atomic E-state index is 10.1. The molecule has 2 heterocycles. The number of nitrogens with zero attached hydrogens (tertiary/aromatic N) is 3. The summed E-state index contributed by atoms with van der Waals surface area (Å²) in [7, 11) is 0. The van der Waals surface area contributed by atoms with Crippen molar-refractivity contribution in [3.05, 3.63) is 41.0 Å². The van der Waals surface area contributed by atoms with Gasteiger partial charge in [0.25, 0.3) is 0 Å². The van der Waals surface area contributed by atoms with Gasteiger partial charge in [-0.1, -0.05) is 36.7 Å². The highest BCUT2D eigenvalue weighted by atomic mass is 16.5. The highest BCUT2D eigenvalue weighted by Crippen LogP contribution is 2.28.